The Morgan fingerprint density at radius 2 is 2.12 bits per heavy atom. The monoisotopic (exact) mass is 302 g/mol. The number of nitrogens with zero attached hydrogens (tertiary/aromatic N) is 3. The summed E-state index contributed by atoms with van der Waals surface area (Å²) in [6.45, 7) is 1.72. The molecular weight excluding hydrogens is 298 g/mol. The van der Waals surface area contributed by atoms with Gasteiger partial charge >= 0.3 is 33.2 Å². The molecule has 1 unspecified atom stereocenters. The fraction of sp³-hybridized carbons (Fsp3) is 0.429. The Balaban J connectivity index is 0.000000606. The Morgan fingerprint density at radius 1 is 1.50 bits per heavy atom. The van der Waals surface area contributed by atoms with Gasteiger partial charge in [0.25, 0.3) is 0 Å². The summed E-state index contributed by atoms with van der Waals surface area (Å²) in [5.41, 5.74) is 3.68. The second-order valence-corrected chi connectivity index (χ2v) is 2.94. The number of H-pyrrole nitrogens is 1. The molecule has 0 fully saturated rings. The maximum absolute atomic E-state index is 12.2. The molecule has 16 heavy (non-hydrogen) atoms. The second kappa shape index (κ2) is 5.14. The van der Waals surface area contributed by atoms with Crippen molar-refractivity contribution in [3.8, 4) is 0 Å². The van der Waals surface area contributed by atoms with E-state index >= 15 is 0 Å². The molecule has 1 N–H and O–H groups in total. The van der Waals surface area contributed by atoms with Gasteiger partial charge in [-0.15, -0.1) is 0 Å². The van der Waals surface area contributed by atoms with Crippen LogP contribution >= 0.6 is 9.69 Å². The van der Waals surface area contributed by atoms with Crippen molar-refractivity contribution in [1.29, 1.82) is 0 Å². The Kier molecular flexibility index (Phi) is 4.32. The number of hydrogen-bond acceptors (Lipinski definition) is 2. The molecule has 9 heteroatoms. The van der Waals surface area contributed by atoms with E-state index in [2.05, 4.69) is 20.5 Å². The van der Waals surface area contributed by atoms with Crippen molar-refractivity contribution in [2.24, 2.45) is 5.10 Å². The topological polar surface area (TPSA) is 55.1 Å². The van der Waals surface area contributed by atoms with Crippen LogP contribution in [-0.2, 0) is 23.5 Å². The van der Waals surface area contributed by atoms with Crippen molar-refractivity contribution in [2.45, 2.75) is 19.1 Å². The molecule has 0 aromatic carbocycles. The summed E-state index contributed by atoms with van der Waals surface area (Å²) in [5, 5.41) is 3.84. The number of aromatic amines is 1. The van der Waals surface area contributed by atoms with Crippen LogP contribution in [-0.4, -0.2) is 16.0 Å². The number of rotatable bonds is 0. The number of aromatic nitrogens is 2. The summed E-state index contributed by atoms with van der Waals surface area (Å²) < 4.78 is 36.6. The fourth-order valence-corrected chi connectivity index (χ4v) is 1.12. The zero-order valence-corrected chi connectivity index (χ0v) is 11.9. The summed E-state index contributed by atoms with van der Waals surface area (Å²) in [7, 11) is 4.76. The van der Waals surface area contributed by atoms with Crippen molar-refractivity contribution in [3.63, 3.8) is 0 Å². The summed E-state index contributed by atoms with van der Waals surface area (Å²) in [4.78, 5) is 5.44. The molecule has 4 nitrogen and oxygen atoms in total. The van der Waals surface area contributed by atoms with Gasteiger partial charge < -0.3 is 15.5 Å². The molecule has 84 valence electrons. The molecule has 0 radical (unpaired) electrons. The first-order valence-electron chi connectivity index (χ1n) is 4.16. The van der Waals surface area contributed by atoms with Crippen molar-refractivity contribution < 1.29 is 30.5 Å². The van der Waals surface area contributed by atoms with Gasteiger partial charge in [-0.1, -0.05) is 19.0 Å². The maximum atomic E-state index is 12.2. The SMILES string of the molecule is CC1C=c2[nH]c(C(F)(F)F)nc2=N[N-]1.[Cl][Zn+]. The molecule has 0 amide bonds. The molecule has 1 aromatic rings. The molecular formula is C7H6ClF3N4Zn. The van der Waals surface area contributed by atoms with Gasteiger partial charge in [0.15, 0.2) is 5.49 Å². The molecule has 0 spiro atoms. The molecule has 0 aliphatic carbocycles. The van der Waals surface area contributed by atoms with Gasteiger partial charge in [-0.05, 0) is 0 Å². The van der Waals surface area contributed by atoms with E-state index in [1.54, 1.807) is 13.0 Å². The van der Waals surface area contributed by atoms with Gasteiger partial charge in [0.05, 0.1) is 5.35 Å². The number of imidazole rings is 1. The molecule has 1 atom stereocenters. The van der Waals surface area contributed by atoms with E-state index in [4.69, 9.17) is 9.69 Å². The summed E-state index contributed by atoms with van der Waals surface area (Å²) in [6.07, 6.45) is -2.92. The number of fused-ring (bicyclic) bond motifs is 1. The third-order valence-corrected chi connectivity index (χ3v) is 1.72. The average Bonchev–Trinajstić information content (AvgIpc) is 2.63. The normalized spacial score (nSPS) is 18.3. The van der Waals surface area contributed by atoms with E-state index < -0.39 is 12.0 Å². The van der Waals surface area contributed by atoms with Crippen LogP contribution in [0.1, 0.15) is 12.7 Å². The number of hydrogen-bond donors (Lipinski definition) is 1. The van der Waals surface area contributed by atoms with Crippen molar-refractivity contribution >= 4 is 15.8 Å². The minimum absolute atomic E-state index is 0.00424. The quantitative estimate of drug-likeness (QED) is 0.720. The Labute approximate surface area is 103 Å². The van der Waals surface area contributed by atoms with Gasteiger partial charge in [0, 0.05) is 0 Å². The molecule has 1 aromatic heterocycles. The zero-order chi connectivity index (χ0) is 12.3. The average molecular weight is 304 g/mol. The van der Waals surface area contributed by atoms with Crippen molar-refractivity contribution in [2.75, 3.05) is 0 Å². The van der Waals surface area contributed by atoms with Crippen LogP contribution in [0.15, 0.2) is 5.10 Å². The van der Waals surface area contributed by atoms with Gasteiger partial charge in [-0.2, -0.15) is 13.2 Å². The molecule has 2 heterocycles. The molecule has 1 aliphatic rings. The molecule has 2 rings (SSSR count). The summed E-state index contributed by atoms with van der Waals surface area (Å²) in [5.74, 6) is -1.04. The third kappa shape index (κ3) is 2.95. The molecule has 0 saturated heterocycles. The van der Waals surface area contributed by atoms with Gasteiger partial charge in [0.2, 0.25) is 5.82 Å². The Morgan fingerprint density at radius 3 is 2.69 bits per heavy atom. The third-order valence-electron chi connectivity index (χ3n) is 1.72. The Hall–Kier alpha value is -0.617. The van der Waals surface area contributed by atoms with Crippen LogP contribution in [0.5, 0.6) is 0 Å². The van der Waals surface area contributed by atoms with Crippen LogP contribution in [0.3, 0.4) is 0 Å². The zero-order valence-electron chi connectivity index (χ0n) is 8.22. The van der Waals surface area contributed by atoms with E-state index in [9.17, 15) is 13.2 Å². The van der Waals surface area contributed by atoms with E-state index in [0.717, 1.165) is 17.3 Å². The second-order valence-electron chi connectivity index (χ2n) is 2.94. The predicted molar refractivity (Wildman–Crippen MR) is 47.5 cm³/mol. The first kappa shape index (κ1) is 13.4. The fourth-order valence-electron chi connectivity index (χ4n) is 1.12. The predicted octanol–water partition coefficient (Wildman–Crippen LogP) is 1.21. The first-order chi connectivity index (χ1) is 7.47. The standard InChI is InChI=1S/C7H6F3N4.ClH.Zn/c1-3-2-4-5(14-13-3)12-6(11-4)7(8,9)10;;/h2-3H,1H3,(H,11,12,14);1H;/q-1;;+2/p-1. The van der Waals surface area contributed by atoms with Gasteiger partial charge in [-0.3, -0.25) is 0 Å². The van der Waals surface area contributed by atoms with E-state index in [-0.39, 0.29) is 16.9 Å². The van der Waals surface area contributed by atoms with E-state index in [1.165, 1.54) is 0 Å². The number of alkyl halides is 3. The first-order valence-corrected chi connectivity index (χ1v) is 8.06. The van der Waals surface area contributed by atoms with Crippen LogP contribution in [0, 0.1) is 0 Å². The van der Waals surface area contributed by atoms with Crippen LogP contribution < -0.4 is 10.8 Å². The van der Waals surface area contributed by atoms with Crippen molar-refractivity contribution in [3.05, 3.63) is 22.1 Å². The molecule has 0 saturated carbocycles. The van der Waals surface area contributed by atoms with Crippen LogP contribution in [0.4, 0.5) is 13.2 Å². The van der Waals surface area contributed by atoms with Gasteiger partial charge in [-0.25, -0.2) is 4.98 Å². The Bertz CT molecular complexity index is 469. The van der Waals surface area contributed by atoms with Gasteiger partial charge in [0.1, 0.15) is 0 Å². The molecule has 1 aliphatic heterocycles. The minimum atomic E-state index is -4.47. The summed E-state index contributed by atoms with van der Waals surface area (Å²) >= 11 is 0.847. The number of nitrogens with one attached hydrogen (secondary N) is 1. The molecule has 0 bridgehead atoms. The van der Waals surface area contributed by atoms with E-state index in [0.29, 0.717) is 0 Å². The van der Waals surface area contributed by atoms with Crippen molar-refractivity contribution in [1.82, 2.24) is 9.97 Å². The number of halogens is 4. The summed E-state index contributed by atoms with van der Waals surface area (Å²) in [6, 6.07) is -0.218. The van der Waals surface area contributed by atoms with E-state index in [1.807, 2.05) is 0 Å². The van der Waals surface area contributed by atoms with Crippen LogP contribution in [0.2, 0.25) is 0 Å². The van der Waals surface area contributed by atoms with Crippen LogP contribution in [0.25, 0.3) is 11.5 Å².